The highest BCUT2D eigenvalue weighted by molar-refractivity contribution is 5.87. The maximum absolute atomic E-state index is 10.1. The fourth-order valence-corrected chi connectivity index (χ4v) is 2.50. The van der Waals surface area contributed by atoms with Gasteiger partial charge in [-0.2, -0.15) is 0 Å². The zero-order chi connectivity index (χ0) is 14.4. The second-order valence-electron chi connectivity index (χ2n) is 4.99. The molecule has 0 amide bonds. The van der Waals surface area contributed by atoms with Crippen LogP contribution in [0, 0.1) is 0 Å². The monoisotopic (exact) mass is 272 g/mol. The van der Waals surface area contributed by atoms with Crippen LogP contribution in [-0.4, -0.2) is 36.2 Å². The molecule has 2 aromatic carbocycles. The van der Waals surface area contributed by atoms with E-state index in [0.717, 1.165) is 37.1 Å². The molecule has 0 fully saturated rings. The molecule has 2 rings (SSSR count). The van der Waals surface area contributed by atoms with Crippen molar-refractivity contribution in [3.63, 3.8) is 0 Å². The van der Waals surface area contributed by atoms with Gasteiger partial charge in [0.1, 0.15) is 5.75 Å². The summed E-state index contributed by atoms with van der Waals surface area (Å²) in [7, 11) is 0. The Bertz CT molecular complexity index is 550. The second kappa shape index (κ2) is 7.27. The summed E-state index contributed by atoms with van der Waals surface area (Å²) < 4.78 is 0. The van der Waals surface area contributed by atoms with Gasteiger partial charge < -0.3 is 15.3 Å². The molecule has 0 saturated heterocycles. The van der Waals surface area contributed by atoms with Crippen LogP contribution in [0.1, 0.15) is 19.4 Å². The van der Waals surface area contributed by atoms with Gasteiger partial charge in [-0.1, -0.05) is 44.2 Å². The number of rotatable bonds is 7. The van der Waals surface area contributed by atoms with Crippen molar-refractivity contribution in [2.75, 3.05) is 26.2 Å². The summed E-state index contributed by atoms with van der Waals surface area (Å²) in [6, 6.07) is 11.9. The predicted molar refractivity (Wildman–Crippen MR) is 85.1 cm³/mol. The van der Waals surface area contributed by atoms with Gasteiger partial charge >= 0.3 is 0 Å². The Morgan fingerprint density at radius 1 is 1.05 bits per heavy atom. The number of likely N-dealkylation sites (N-methyl/N-ethyl adjacent to an activating group) is 1. The first-order chi connectivity index (χ1) is 9.76. The number of nitrogens with zero attached hydrogens (tertiary/aromatic N) is 1. The molecule has 108 valence electrons. The molecule has 0 aliphatic heterocycles. The average Bonchev–Trinajstić information content (AvgIpc) is 2.49. The Morgan fingerprint density at radius 3 is 2.55 bits per heavy atom. The van der Waals surface area contributed by atoms with Gasteiger partial charge in [-0.05, 0) is 29.9 Å². The van der Waals surface area contributed by atoms with E-state index in [9.17, 15) is 5.11 Å². The lowest BCUT2D eigenvalue weighted by Crippen LogP contribution is -2.31. The molecular formula is C17H24N2O. The van der Waals surface area contributed by atoms with Crippen LogP contribution in [0.3, 0.4) is 0 Å². The molecule has 0 heterocycles. The number of hydrogen-bond acceptors (Lipinski definition) is 3. The van der Waals surface area contributed by atoms with Gasteiger partial charge in [0.05, 0.1) is 0 Å². The van der Waals surface area contributed by atoms with Crippen molar-refractivity contribution in [1.82, 2.24) is 10.2 Å². The first kappa shape index (κ1) is 14.8. The van der Waals surface area contributed by atoms with Crippen LogP contribution in [0.15, 0.2) is 36.4 Å². The number of benzene rings is 2. The van der Waals surface area contributed by atoms with Crippen molar-refractivity contribution in [3.05, 3.63) is 42.0 Å². The Kier molecular flexibility index (Phi) is 5.39. The number of phenols is 1. The molecule has 0 unspecified atom stereocenters. The topological polar surface area (TPSA) is 35.5 Å². The molecule has 0 radical (unpaired) electrons. The van der Waals surface area contributed by atoms with Gasteiger partial charge in [0.25, 0.3) is 0 Å². The standard InChI is InChI=1S/C17H24N2O/c1-3-19(4-2)12-11-18-13-16-15-8-6-5-7-14(15)9-10-17(16)20/h5-10,18,20H,3-4,11-13H2,1-2H3. The molecule has 2 N–H and O–H groups in total. The van der Waals surface area contributed by atoms with Crippen LogP contribution in [0.25, 0.3) is 10.8 Å². The third kappa shape index (κ3) is 3.50. The lowest BCUT2D eigenvalue weighted by atomic mass is 10.0. The summed E-state index contributed by atoms with van der Waals surface area (Å²) in [4.78, 5) is 2.38. The number of fused-ring (bicyclic) bond motifs is 1. The van der Waals surface area contributed by atoms with Crippen LogP contribution in [-0.2, 0) is 6.54 Å². The molecule has 0 bridgehead atoms. The zero-order valence-electron chi connectivity index (χ0n) is 12.4. The van der Waals surface area contributed by atoms with Crippen LogP contribution in [0.4, 0.5) is 0 Å². The largest absolute Gasteiger partial charge is 0.508 e. The van der Waals surface area contributed by atoms with E-state index in [4.69, 9.17) is 0 Å². The Hall–Kier alpha value is -1.58. The second-order valence-corrected chi connectivity index (χ2v) is 4.99. The maximum Gasteiger partial charge on any atom is 0.120 e. The fourth-order valence-electron chi connectivity index (χ4n) is 2.50. The smallest absolute Gasteiger partial charge is 0.120 e. The van der Waals surface area contributed by atoms with E-state index in [1.165, 1.54) is 5.39 Å². The van der Waals surface area contributed by atoms with Crippen molar-refractivity contribution >= 4 is 10.8 Å². The molecule has 0 aliphatic rings. The molecule has 0 saturated carbocycles. The summed E-state index contributed by atoms with van der Waals surface area (Å²) in [5.74, 6) is 0.374. The van der Waals surface area contributed by atoms with Gasteiger partial charge in [-0.3, -0.25) is 0 Å². The van der Waals surface area contributed by atoms with E-state index in [1.807, 2.05) is 18.2 Å². The summed E-state index contributed by atoms with van der Waals surface area (Å²) in [5.41, 5.74) is 0.989. The molecule has 0 aliphatic carbocycles. The molecule has 20 heavy (non-hydrogen) atoms. The van der Waals surface area contributed by atoms with E-state index in [2.05, 4.69) is 36.2 Å². The predicted octanol–water partition coefficient (Wildman–Crippen LogP) is 2.98. The van der Waals surface area contributed by atoms with Gasteiger partial charge in [0.15, 0.2) is 0 Å². The molecule has 3 heteroatoms. The molecule has 0 atom stereocenters. The van der Waals surface area contributed by atoms with Gasteiger partial charge in [-0.25, -0.2) is 0 Å². The molecule has 2 aromatic rings. The zero-order valence-corrected chi connectivity index (χ0v) is 12.4. The highest BCUT2D eigenvalue weighted by atomic mass is 16.3. The fraction of sp³-hybridized carbons (Fsp3) is 0.412. The number of hydrogen-bond donors (Lipinski definition) is 2. The van der Waals surface area contributed by atoms with E-state index < -0.39 is 0 Å². The summed E-state index contributed by atoms with van der Waals surface area (Å²) in [6.45, 7) is 9.20. The minimum atomic E-state index is 0.374. The van der Waals surface area contributed by atoms with E-state index in [-0.39, 0.29) is 0 Å². The van der Waals surface area contributed by atoms with Gasteiger partial charge in [0, 0.05) is 25.2 Å². The summed E-state index contributed by atoms with van der Waals surface area (Å²) >= 11 is 0. The highest BCUT2D eigenvalue weighted by Gasteiger charge is 2.06. The first-order valence-corrected chi connectivity index (χ1v) is 7.39. The third-order valence-electron chi connectivity index (χ3n) is 3.82. The molecule has 3 nitrogen and oxygen atoms in total. The summed E-state index contributed by atoms with van der Waals surface area (Å²) in [6.07, 6.45) is 0. The Labute approximate surface area is 121 Å². The average molecular weight is 272 g/mol. The van der Waals surface area contributed by atoms with Crippen molar-refractivity contribution in [2.45, 2.75) is 20.4 Å². The van der Waals surface area contributed by atoms with Crippen LogP contribution in [0.2, 0.25) is 0 Å². The highest BCUT2D eigenvalue weighted by Crippen LogP contribution is 2.26. The number of phenolic OH excluding ortho intramolecular Hbond substituents is 1. The minimum absolute atomic E-state index is 0.374. The number of nitrogens with one attached hydrogen (secondary N) is 1. The Balaban J connectivity index is 2.01. The quantitative estimate of drug-likeness (QED) is 0.761. The van der Waals surface area contributed by atoms with Crippen molar-refractivity contribution in [3.8, 4) is 5.75 Å². The lowest BCUT2D eigenvalue weighted by molar-refractivity contribution is 0.302. The molecular weight excluding hydrogens is 248 g/mol. The molecule has 0 spiro atoms. The first-order valence-electron chi connectivity index (χ1n) is 7.39. The van der Waals surface area contributed by atoms with Gasteiger partial charge in [0.2, 0.25) is 0 Å². The summed E-state index contributed by atoms with van der Waals surface area (Å²) in [5, 5.41) is 15.8. The lowest BCUT2D eigenvalue weighted by Gasteiger charge is -2.18. The molecule has 0 aromatic heterocycles. The maximum atomic E-state index is 10.1. The van der Waals surface area contributed by atoms with Crippen molar-refractivity contribution < 1.29 is 5.11 Å². The van der Waals surface area contributed by atoms with Crippen LogP contribution < -0.4 is 5.32 Å². The van der Waals surface area contributed by atoms with Crippen molar-refractivity contribution in [2.24, 2.45) is 0 Å². The van der Waals surface area contributed by atoms with E-state index in [1.54, 1.807) is 6.07 Å². The Morgan fingerprint density at radius 2 is 1.80 bits per heavy atom. The third-order valence-corrected chi connectivity index (χ3v) is 3.82. The minimum Gasteiger partial charge on any atom is -0.508 e. The normalized spacial score (nSPS) is 11.3. The van der Waals surface area contributed by atoms with Gasteiger partial charge in [-0.15, -0.1) is 0 Å². The van der Waals surface area contributed by atoms with E-state index >= 15 is 0 Å². The number of aromatic hydroxyl groups is 1. The SMILES string of the molecule is CCN(CC)CCNCc1c(O)ccc2ccccc12. The van der Waals surface area contributed by atoms with Crippen LogP contribution >= 0.6 is 0 Å². The van der Waals surface area contributed by atoms with Crippen molar-refractivity contribution in [1.29, 1.82) is 0 Å². The van der Waals surface area contributed by atoms with Crippen LogP contribution in [0.5, 0.6) is 5.75 Å². The van der Waals surface area contributed by atoms with E-state index in [0.29, 0.717) is 12.3 Å².